The molecular weight excluding hydrogens is 202 g/mol. The molecule has 0 bridgehead atoms. The second kappa shape index (κ2) is 4.41. The molecule has 0 heterocycles. The monoisotopic (exact) mass is 211 g/mol. The fourth-order valence-electron chi connectivity index (χ4n) is 0.944. The van der Waals surface area contributed by atoms with E-state index in [9.17, 15) is 14.9 Å². The summed E-state index contributed by atoms with van der Waals surface area (Å²) in [6.45, 7) is 2.81. The minimum atomic E-state index is -0.590. The lowest BCUT2D eigenvalue weighted by molar-refractivity contribution is -0.385. The van der Waals surface area contributed by atoms with Gasteiger partial charge in [0.2, 0.25) is 0 Å². The van der Waals surface area contributed by atoms with E-state index in [-0.39, 0.29) is 11.4 Å². The zero-order valence-corrected chi connectivity index (χ0v) is 8.22. The second-order valence-electron chi connectivity index (χ2n) is 2.87. The minimum Gasteiger partial charge on any atom is -0.287 e. The zero-order valence-electron chi connectivity index (χ0n) is 8.22. The van der Waals surface area contributed by atoms with Crippen LogP contribution in [0, 0.1) is 17.0 Å². The van der Waals surface area contributed by atoms with Gasteiger partial charge in [0.1, 0.15) is 0 Å². The zero-order chi connectivity index (χ0) is 11.4. The van der Waals surface area contributed by atoms with Gasteiger partial charge in [0.25, 0.3) is 5.69 Å². The highest BCUT2D eigenvalue weighted by atomic mass is 17.2. The Balaban J connectivity index is 2.83. The Labute approximate surface area is 85.5 Å². The molecule has 15 heavy (non-hydrogen) atoms. The molecule has 0 aliphatic heterocycles. The van der Waals surface area contributed by atoms with Crippen LogP contribution in [0.25, 0.3) is 0 Å². The number of hydrogen-bond acceptors (Lipinski definition) is 5. The number of carbonyl (C=O) groups excluding carboxylic acids is 1. The van der Waals surface area contributed by atoms with Crippen molar-refractivity contribution in [3.05, 3.63) is 33.9 Å². The predicted octanol–water partition coefficient (Wildman–Crippen LogP) is 1.76. The first kappa shape index (κ1) is 11.0. The van der Waals surface area contributed by atoms with Crippen LogP contribution < -0.4 is 4.89 Å². The molecule has 0 aliphatic rings. The Morgan fingerprint density at radius 3 is 2.60 bits per heavy atom. The summed E-state index contributed by atoms with van der Waals surface area (Å²) in [5.41, 5.74) is 0.480. The topological polar surface area (TPSA) is 78.7 Å². The van der Waals surface area contributed by atoms with Crippen molar-refractivity contribution in [3.63, 3.8) is 0 Å². The first-order valence-corrected chi connectivity index (χ1v) is 4.11. The van der Waals surface area contributed by atoms with Gasteiger partial charge in [-0.25, -0.2) is 4.79 Å². The van der Waals surface area contributed by atoms with Gasteiger partial charge in [0.15, 0.2) is 5.75 Å². The molecule has 6 heteroatoms. The van der Waals surface area contributed by atoms with Gasteiger partial charge >= 0.3 is 5.97 Å². The third-order valence-electron chi connectivity index (χ3n) is 1.62. The number of rotatable bonds is 3. The van der Waals surface area contributed by atoms with Crippen LogP contribution >= 0.6 is 0 Å². The SMILES string of the molecule is CC(=O)OOc1ccc([N+](=O)[O-])cc1C. The third-order valence-corrected chi connectivity index (χ3v) is 1.62. The van der Waals surface area contributed by atoms with Gasteiger partial charge in [0, 0.05) is 24.6 Å². The largest absolute Gasteiger partial charge is 0.352 e. The molecule has 0 unspecified atom stereocenters. The van der Waals surface area contributed by atoms with Crippen LogP contribution in [0.5, 0.6) is 5.75 Å². The van der Waals surface area contributed by atoms with Gasteiger partial charge in [0.05, 0.1) is 4.92 Å². The number of nitro benzene ring substituents is 1. The number of non-ortho nitro benzene ring substituents is 1. The van der Waals surface area contributed by atoms with E-state index in [2.05, 4.69) is 9.78 Å². The highest BCUT2D eigenvalue weighted by molar-refractivity contribution is 5.65. The summed E-state index contributed by atoms with van der Waals surface area (Å²) in [6.07, 6.45) is 0. The van der Waals surface area contributed by atoms with Crippen molar-refractivity contribution in [2.24, 2.45) is 0 Å². The number of nitrogens with zero attached hydrogens (tertiary/aromatic N) is 1. The molecule has 1 aromatic rings. The molecule has 1 rings (SSSR count). The minimum absolute atomic E-state index is 0.0392. The van der Waals surface area contributed by atoms with Gasteiger partial charge in [-0.1, -0.05) is 0 Å². The van der Waals surface area contributed by atoms with E-state index in [4.69, 9.17) is 0 Å². The lowest BCUT2D eigenvalue weighted by Crippen LogP contribution is -2.03. The van der Waals surface area contributed by atoms with Crippen molar-refractivity contribution < 1.29 is 19.5 Å². The molecule has 0 aromatic heterocycles. The fraction of sp³-hybridized carbons (Fsp3) is 0.222. The molecular formula is C9H9NO5. The summed E-state index contributed by atoms with van der Waals surface area (Å²) in [6, 6.07) is 3.97. The normalized spacial score (nSPS) is 9.47. The first-order valence-electron chi connectivity index (χ1n) is 4.11. The van der Waals surface area contributed by atoms with E-state index in [1.165, 1.54) is 25.1 Å². The predicted molar refractivity (Wildman–Crippen MR) is 50.2 cm³/mol. The van der Waals surface area contributed by atoms with Crippen molar-refractivity contribution in [2.45, 2.75) is 13.8 Å². The van der Waals surface area contributed by atoms with E-state index in [0.717, 1.165) is 0 Å². The van der Waals surface area contributed by atoms with Gasteiger partial charge in [-0.15, -0.1) is 0 Å². The van der Waals surface area contributed by atoms with Gasteiger partial charge in [-0.3, -0.25) is 19.9 Å². The van der Waals surface area contributed by atoms with E-state index in [1.807, 2.05) is 0 Å². The molecule has 0 atom stereocenters. The molecule has 6 nitrogen and oxygen atoms in total. The summed E-state index contributed by atoms with van der Waals surface area (Å²) in [5, 5.41) is 10.4. The van der Waals surface area contributed by atoms with Crippen molar-refractivity contribution in [1.82, 2.24) is 0 Å². The maximum Gasteiger partial charge on any atom is 0.352 e. The van der Waals surface area contributed by atoms with Gasteiger partial charge in [-0.05, 0) is 13.0 Å². The van der Waals surface area contributed by atoms with E-state index >= 15 is 0 Å². The quantitative estimate of drug-likeness (QED) is 0.432. The Morgan fingerprint density at radius 1 is 1.47 bits per heavy atom. The molecule has 0 aliphatic carbocycles. The number of benzene rings is 1. The Morgan fingerprint density at radius 2 is 2.13 bits per heavy atom. The third kappa shape index (κ3) is 2.94. The Bertz CT molecular complexity index is 401. The van der Waals surface area contributed by atoms with Crippen LogP contribution in [0.4, 0.5) is 5.69 Å². The highest BCUT2D eigenvalue weighted by Crippen LogP contribution is 2.23. The summed E-state index contributed by atoms with van der Waals surface area (Å²) in [5.74, 6) is -0.316. The maximum absolute atomic E-state index is 10.4. The number of carbonyl (C=O) groups is 1. The van der Waals surface area contributed by atoms with Crippen LogP contribution in [0.1, 0.15) is 12.5 Å². The summed E-state index contributed by atoms with van der Waals surface area (Å²) in [7, 11) is 0. The fourth-order valence-corrected chi connectivity index (χ4v) is 0.944. The lowest BCUT2D eigenvalue weighted by Gasteiger charge is -2.04. The standard InChI is InChI=1S/C9H9NO5/c1-6-5-8(10(12)13)3-4-9(6)15-14-7(2)11/h3-5H,1-2H3. The van der Waals surface area contributed by atoms with E-state index in [1.54, 1.807) is 6.92 Å². The molecule has 0 amide bonds. The summed E-state index contributed by atoms with van der Waals surface area (Å²) >= 11 is 0. The molecule has 0 saturated heterocycles. The average Bonchev–Trinajstić information content (AvgIpc) is 2.15. The van der Waals surface area contributed by atoms with E-state index in [0.29, 0.717) is 5.56 Å². The number of nitro groups is 1. The van der Waals surface area contributed by atoms with Crippen LogP contribution in [-0.4, -0.2) is 10.9 Å². The van der Waals surface area contributed by atoms with Gasteiger partial charge in [-0.2, -0.15) is 0 Å². The molecule has 0 N–H and O–H groups in total. The van der Waals surface area contributed by atoms with Crippen LogP contribution in [0.15, 0.2) is 18.2 Å². The average molecular weight is 211 g/mol. The second-order valence-corrected chi connectivity index (χ2v) is 2.87. The Kier molecular flexibility index (Phi) is 3.22. The maximum atomic E-state index is 10.4. The van der Waals surface area contributed by atoms with Crippen LogP contribution in [0.2, 0.25) is 0 Å². The van der Waals surface area contributed by atoms with Crippen LogP contribution in [0.3, 0.4) is 0 Å². The van der Waals surface area contributed by atoms with Crippen molar-refractivity contribution in [1.29, 1.82) is 0 Å². The number of aryl methyl sites for hydroxylation is 1. The molecule has 80 valence electrons. The first-order chi connectivity index (χ1) is 7.00. The van der Waals surface area contributed by atoms with Crippen LogP contribution in [-0.2, 0) is 9.68 Å². The van der Waals surface area contributed by atoms with Gasteiger partial charge < -0.3 is 0 Å². The Hall–Kier alpha value is -2.11. The molecule has 0 radical (unpaired) electrons. The highest BCUT2D eigenvalue weighted by Gasteiger charge is 2.10. The smallest absolute Gasteiger partial charge is 0.287 e. The summed E-state index contributed by atoms with van der Waals surface area (Å²) in [4.78, 5) is 29.3. The van der Waals surface area contributed by atoms with E-state index < -0.39 is 10.9 Å². The lowest BCUT2D eigenvalue weighted by atomic mass is 10.2. The van der Waals surface area contributed by atoms with Crippen molar-refractivity contribution in [3.8, 4) is 5.75 Å². The van der Waals surface area contributed by atoms with Crippen molar-refractivity contribution in [2.75, 3.05) is 0 Å². The summed E-state index contributed by atoms with van der Waals surface area (Å²) < 4.78 is 0. The molecule has 0 spiro atoms. The van der Waals surface area contributed by atoms with Crippen molar-refractivity contribution >= 4 is 11.7 Å². The molecule has 0 saturated carbocycles. The number of hydrogen-bond donors (Lipinski definition) is 0. The molecule has 1 aromatic carbocycles. The molecule has 0 fully saturated rings.